The molecule has 0 fully saturated rings. The molecule has 2 amide bonds. The Bertz CT molecular complexity index is 792. The molecule has 0 spiro atoms. The Kier molecular flexibility index (Phi) is 9.39. The molecule has 2 aromatic carbocycles. The van der Waals surface area contributed by atoms with Gasteiger partial charge in [0.05, 0.1) is 0 Å². The fourth-order valence-corrected chi connectivity index (χ4v) is 3.61. The van der Waals surface area contributed by atoms with Crippen molar-refractivity contribution in [2.24, 2.45) is 5.92 Å². The maximum atomic E-state index is 13.1. The van der Waals surface area contributed by atoms with Crippen molar-refractivity contribution >= 4 is 27.7 Å². The molecule has 0 aliphatic heterocycles. The second-order valence-corrected chi connectivity index (χ2v) is 8.66. The molecule has 0 saturated heterocycles. The van der Waals surface area contributed by atoms with E-state index in [2.05, 4.69) is 35.1 Å². The van der Waals surface area contributed by atoms with Gasteiger partial charge in [-0.1, -0.05) is 79.2 Å². The van der Waals surface area contributed by atoms with Crippen molar-refractivity contribution in [3.63, 3.8) is 0 Å². The van der Waals surface area contributed by atoms with Gasteiger partial charge >= 0.3 is 0 Å². The van der Waals surface area contributed by atoms with Gasteiger partial charge in [-0.3, -0.25) is 9.59 Å². The average molecular weight is 459 g/mol. The van der Waals surface area contributed by atoms with E-state index in [0.29, 0.717) is 31.8 Å². The largest absolute Gasteiger partial charge is 0.354 e. The number of nitrogens with one attached hydrogen (secondary N) is 1. The predicted octanol–water partition coefficient (Wildman–Crippen LogP) is 4.96. The highest BCUT2D eigenvalue weighted by Gasteiger charge is 2.29. The summed E-state index contributed by atoms with van der Waals surface area (Å²) in [7, 11) is 0. The molecule has 2 aromatic rings. The van der Waals surface area contributed by atoms with Crippen LogP contribution in [0.25, 0.3) is 0 Å². The smallest absolute Gasteiger partial charge is 0.243 e. The van der Waals surface area contributed by atoms with Crippen molar-refractivity contribution < 1.29 is 9.59 Å². The van der Waals surface area contributed by atoms with Gasteiger partial charge in [0.1, 0.15) is 6.04 Å². The number of amides is 2. The summed E-state index contributed by atoms with van der Waals surface area (Å²) in [6.07, 6.45) is 1.67. The minimum atomic E-state index is -0.547. The van der Waals surface area contributed by atoms with Crippen LogP contribution in [-0.4, -0.2) is 29.3 Å². The lowest BCUT2D eigenvalue weighted by Gasteiger charge is -2.32. The summed E-state index contributed by atoms with van der Waals surface area (Å²) >= 11 is 3.50. The van der Waals surface area contributed by atoms with Crippen molar-refractivity contribution in [3.05, 3.63) is 70.2 Å². The highest BCUT2D eigenvalue weighted by molar-refractivity contribution is 9.10. The van der Waals surface area contributed by atoms with Gasteiger partial charge in [-0.2, -0.15) is 0 Å². The second-order valence-electron chi connectivity index (χ2n) is 7.75. The highest BCUT2D eigenvalue weighted by atomic mass is 79.9. The van der Waals surface area contributed by atoms with E-state index >= 15 is 0 Å². The van der Waals surface area contributed by atoms with Crippen LogP contribution < -0.4 is 5.32 Å². The van der Waals surface area contributed by atoms with Crippen molar-refractivity contribution in [2.45, 2.75) is 52.6 Å². The van der Waals surface area contributed by atoms with E-state index in [-0.39, 0.29) is 11.8 Å². The van der Waals surface area contributed by atoms with Gasteiger partial charge < -0.3 is 10.2 Å². The van der Waals surface area contributed by atoms with E-state index < -0.39 is 6.04 Å². The molecule has 0 saturated carbocycles. The minimum absolute atomic E-state index is 0.00750. The fourth-order valence-electron chi connectivity index (χ4n) is 3.17. The Hall–Kier alpha value is -2.14. The zero-order valence-electron chi connectivity index (χ0n) is 17.5. The van der Waals surface area contributed by atoms with Crippen LogP contribution in [0.4, 0.5) is 0 Å². The first-order chi connectivity index (χ1) is 13.9. The van der Waals surface area contributed by atoms with Gasteiger partial charge in [0.2, 0.25) is 11.8 Å². The molecule has 0 bridgehead atoms. The van der Waals surface area contributed by atoms with Crippen LogP contribution in [0.1, 0.15) is 44.7 Å². The molecule has 5 heteroatoms. The van der Waals surface area contributed by atoms with E-state index in [1.54, 1.807) is 4.90 Å². The average Bonchev–Trinajstić information content (AvgIpc) is 2.69. The molecular weight excluding hydrogens is 428 g/mol. The monoisotopic (exact) mass is 458 g/mol. The molecule has 1 atom stereocenters. The number of hydrogen-bond donors (Lipinski definition) is 1. The van der Waals surface area contributed by atoms with Crippen molar-refractivity contribution in [3.8, 4) is 0 Å². The topological polar surface area (TPSA) is 49.4 Å². The van der Waals surface area contributed by atoms with Gasteiger partial charge in [0.15, 0.2) is 0 Å². The van der Waals surface area contributed by atoms with Crippen LogP contribution in [0.5, 0.6) is 0 Å². The first kappa shape index (κ1) is 23.1. The lowest BCUT2D eigenvalue weighted by Crippen LogP contribution is -2.51. The molecule has 4 nitrogen and oxygen atoms in total. The number of benzene rings is 2. The molecule has 0 aliphatic rings. The molecule has 29 heavy (non-hydrogen) atoms. The van der Waals surface area contributed by atoms with Crippen LogP contribution in [0.3, 0.4) is 0 Å². The third-order valence-corrected chi connectivity index (χ3v) is 5.15. The first-order valence-electron chi connectivity index (χ1n) is 10.3. The maximum Gasteiger partial charge on any atom is 0.243 e. The maximum absolute atomic E-state index is 13.1. The molecular formula is C24H31BrN2O2. The second kappa shape index (κ2) is 11.8. The van der Waals surface area contributed by atoms with E-state index in [1.807, 2.05) is 61.5 Å². The van der Waals surface area contributed by atoms with E-state index in [1.165, 1.54) is 0 Å². The molecule has 0 unspecified atom stereocenters. The Balaban J connectivity index is 2.34. The number of rotatable bonds is 10. The van der Waals surface area contributed by atoms with Crippen molar-refractivity contribution in [2.75, 3.05) is 6.54 Å². The fraction of sp³-hybridized carbons (Fsp3) is 0.417. The molecule has 2 rings (SSSR count). The third kappa shape index (κ3) is 7.65. The number of carbonyl (C=O) groups is 2. The molecule has 156 valence electrons. The Morgan fingerprint density at radius 3 is 2.34 bits per heavy atom. The Morgan fingerprint density at radius 1 is 1.03 bits per heavy atom. The minimum Gasteiger partial charge on any atom is -0.354 e. The van der Waals surface area contributed by atoms with Crippen LogP contribution >= 0.6 is 15.9 Å². The van der Waals surface area contributed by atoms with Gasteiger partial charge in [0.25, 0.3) is 0 Å². The SMILES string of the molecule is CCCC(=O)N(Cc1cccc(Br)c1)[C@@H](Cc1ccccc1)C(=O)NCC(C)C. The highest BCUT2D eigenvalue weighted by Crippen LogP contribution is 2.18. The van der Waals surface area contributed by atoms with Crippen LogP contribution in [-0.2, 0) is 22.6 Å². The van der Waals surface area contributed by atoms with Gasteiger partial charge in [-0.15, -0.1) is 0 Å². The predicted molar refractivity (Wildman–Crippen MR) is 121 cm³/mol. The molecule has 0 aliphatic carbocycles. The van der Waals surface area contributed by atoms with E-state index in [9.17, 15) is 9.59 Å². The van der Waals surface area contributed by atoms with E-state index in [4.69, 9.17) is 0 Å². The number of hydrogen-bond acceptors (Lipinski definition) is 2. The molecule has 0 heterocycles. The molecule has 0 aromatic heterocycles. The Morgan fingerprint density at radius 2 is 1.72 bits per heavy atom. The first-order valence-corrected chi connectivity index (χ1v) is 11.1. The van der Waals surface area contributed by atoms with Gasteiger partial charge in [-0.25, -0.2) is 0 Å². The standard InChI is InChI=1S/C24H31BrN2O2/c1-4-9-23(28)27(17-20-12-8-13-21(25)14-20)22(24(29)26-16-18(2)3)15-19-10-6-5-7-11-19/h5-8,10-14,18,22H,4,9,15-17H2,1-3H3,(H,26,29)/t22-/m0/s1. The molecule has 0 radical (unpaired) electrons. The van der Waals surface area contributed by atoms with E-state index in [0.717, 1.165) is 22.0 Å². The normalized spacial score (nSPS) is 11.9. The van der Waals surface area contributed by atoms with Crippen molar-refractivity contribution in [1.82, 2.24) is 10.2 Å². The lowest BCUT2D eigenvalue weighted by atomic mass is 10.0. The summed E-state index contributed by atoms with van der Waals surface area (Å²) in [6, 6.07) is 17.2. The summed E-state index contributed by atoms with van der Waals surface area (Å²) in [5, 5.41) is 3.03. The quantitative estimate of drug-likeness (QED) is 0.546. The van der Waals surface area contributed by atoms with Crippen LogP contribution in [0, 0.1) is 5.92 Å². The number of carbonyl (C=O) groups excluding carboxylic acids is 2. The summed E-state index contributed by atoms with van der Waals surface area (Å²) in [6.45, 7) is 7.11. The number of halogens is 1. The third-order valence-electron chi connectivity index (χ3n) is 4.66. The summed E-state index contributed by atoms with van der Waals surface area (Å²) in [4.78, 5) is 27.9. The summed E-state index contributed by atoms with van der Waals surface area (Å²) < 4.78 is 0.960. The zero-order chi connectivity index (χ0) is 21.2. The summed E-state index contributed by atoms with van der Waals surface area (Å²) in [5.74, 6) is 0.260. The van der Waals surface area contributed by atoms with Crippen LogP contribution in [0.2, 0.25) is 0 Å². The van der Waals surface area contributed by atoms with Crippen LogP contribution in [0.15, 0.2) is 59.1 Å². The zero-order valence-corrected chi connectivity index (χ0v) is 19.1. The lowest BCUT2D eigenvalue weighted by molar-refractivity contribution is -0.141. The van der Waals surface area contributed by atoms with Gasteiger partial charge in [0, 0.05) is 30.4 Å². The summed E-state index contributed by atoms with van der Waals surface area (Å²) in [5.41, 5.74) is 2.04. The molecule has 1 N–H and O–H groups in total. The van der Waals surface area contributed by atoms with Crippen molar-refractivity contribution in [1.29, 1.82) is 0 Å². The van der Waals surface area contributed by atoms with Gasteiger partial charge in [-0.05, 0) is 35.6 Å². The Labute approximate surface area is 182 Å². The number of nitrogens with zero attached hydrogens (tertiary/aromatic N) is 1.